The molecule has 0 saturated heterocycles. The van der Waals surface area contributed by atoms with Gasteiger partial charge in [-0.05, 0) is 24.3 Å². The molecule has 0 fully saturated rings. The second-order valence-corrected chi connectivity index (χ2v) is 3.43. The number of ether oxygens (including phenoxy) is 1. The van der Waals surface area contributed by atoms with Crippen molar-refractivity contribution >= 4 is 11.6 Å². The number of rotatable bonds is 1. The zero-order valence-corrected chi connectivity index (χ0v) is 7.71. The molecule has 2 aromatic rings. The Kier molecular flexibility index (Phi) is 1.33. The molecule has 0 radical (unpaired) electrons. The molecule has 0 bridgehead atoms. The Labute approximate surface area is 83.7 Å². The van der Waals surface area contributed by atoms with Gasteiger partial charge in [-0.15, -0.1) is 0 Å². The van der Waals surface area contributed by atoms with Crippen LogP contribution >= 0.6 is 11.6 Å². The van der Waals surface area contributed by atoms with E-state index in [1.165, 1.54) is 0 Å². The van der Waals surface area contributed by atoms with Crippen molar-refractivity contribution in [3.63, 3.8) is 0 Å². The second kappa shape index (κ2) is 2.42. The number of hydrogen-bond acceptors (Lipinski definition) is 2. The van der Waals surface area contributed by atoms with Crippen LogP contribution < -0.4 is 10.3 Å². The van der Waals surface area contributed by atoms with Gasteiger partial charge in [-0.25, -0.2) is 4.68 Å². The summed E-state index contributed by atoms with van der Waals surface area (Å²) in [5.74, 6) is 0.984. The first-order chi connectivity index (χ1) is 6.75. The molecular formula is C9H5ClN2O2. The summed E-state index contributed by atoms with van der Waals surface area (Å²) >= 11 is 5.74. The molecule has 0 amide bonds. The topological polar surface area (TPSA) is 50.3 Å². The van der Waals surface area contributed by atoms with Crippen LogP contribution in [0.1, 0.15) is 0 Å². The number of H-pyrrole nitrogens is 1. The van der Waals surface area contributed by atoms with Gasteiger partial charge in [0.25, 0.3) is 11.6 Å². The van der Waals surface area contributed by atoms with E-state index < -0.39 is 0 Å². The van der Waals surface area contributed by atoms with Crippen LogP contribution in [0, 0.1) is 0 Å². The van der Waals surface area contributed by atoms with Gasteiger partial charge in [-0.2, -0.15) is 0 Å². The van der Waals surface area contributed by atoms with Gasteiger partial charge in [0.2, 0.25) is 0 Å². The van der Waals surface area contributed by atoms with Crippen molar-refractivity contribution in [3.8, 4) is 17.3 Å². The molecule has 4 nitrogen and oxygen atoms in total. The van der Waals surface area contributed by atoms with Crippen molar-refractivity contribution in [2.75, 3.05) is 0 Å². The van der Waals surface area contributed by atoms with E-state index in [-0.39, 0.29) is 5.56 Å². The van der Waals surface area contributed by atoms with Gasteiger partial charge in [-0.1, -0.05) is 11.6 Å². The van der Waals surface area contributed by atoms with Crippen LogP contribution in [0.4, 0.5) is 0 Å². The highest BCUT2D eigenvalue weighted by molar-refractivity contribution is 6.30. The quantitative estimate of drug-likeness (QED) is 0.622. The van der Waals surface area contributed by atoms with Crippen LogP contribution in [0.5, 0.6) is 11.6 Å². The van der Waals surface area contributed by atoms with Gasteiger partial charge in [-0.3, -0.25) is 9.89 Å². The van der Waals surface area contributed by atoms with Crippen LogP contribution in [0.15, 0.2) is 29.1 Å². The second-order valence-electron chi connectivity index (χ2n) is 2.99. The predicted molar refractivity (Wildman–Crippen MR) is 51.5 cm³/mol. The summed E-state index contributed by atoms with van der Waals surface area (Å²) in [6, 6.07) is 7.12. The first-order valence-electron chi connectivity index (χ1n) is 4.04. The highest BCUT2D eigenvalue weighted by atomic mass is 35.5. The summed E-state index contributed by atoms with van der Waals surface area (Å²) in [4.78, 5) is 11.1. The molecular weight excluding hydrogens is 204 g/mol. The lowest BCUT2D eigenvalue weighted by molar-refractivity contribution is 0.572. The molecule has 0 atom stereocenters. The SMILES string of the molecule is O=c1[nH]n(-c2ccc(Cl)cc2)c2c1O2. The molecule has 0 saturated carbocycles. The monoisotopic (exact) mass is 208 g/mol. The third-order valence-electron chi connectivity index (χ3n) is 2.06. The Balaban J connectivity index is 2.16. The van der Waals surface area contributed by atoms with E-state index in [0.29, 0.717) is 16.7 Å². The molecule has 5 heteroatoms. The molecule has 0 spiro atoms. The Bertz CT molecular complexity index is 553. The maximum atomic E-state index is 11.1. The number of aromatic amines is 1. The Hall–Kier alpha value is -1.68. The van der Waals surface area contributed by atoms with Crippen molar-refractivity contribution in [1.29, 1.82) is 0 Å². The van der Waals surface area contributed by atoms with Crippen molar-refractivity contribution in [2.24, 2.45) is 0 Å². The Morgan fingerprint density at radius 1 is 1.29 bits per heavy atom. The van der Waals surface area contributed by atoms with E-state index >= 15 is 0 Å². The number of aromatic nitrogens is 2. The maximum absolute atomic E-state index is 11.1. The number of halogens is 1. The molecule has 2 heterocycles. The Morgan fingerprint density at radius 3 is 2.50 bits per heavy atom. The molecule has 0 unspecified atom stereocenters. The molecule has 3 rings (SSSR count). The highest BCUT2D eigenvalue weighted by Gasteiger charge is 2.32. The van der Waals surface area contributed by atoms with E-state index in [9.17, 15) is 4.79 Å². The minimum atomic E-state index is -0.199. The van der Waals surface area contributed by atoms with Crippen molar-refractivity contribution in [2.45, 2.75) is 0 Å². The fourth-order valence-electron chi connectivity index (χ4n) is 1.34. The largest absolute Gasteiger partial charge is 0.424 e. The molecule has 1 aliphatic rings. The number of benzene rings is 1. The zero-order valence-electron chi connectivity index (χ0n) is 6.95. The summed E-state index contributed by atoms with van der Waals surface area (Å²) in [6.07, 6.45) is 0. The number of nitrogens with one attached hydrogen (secondary N) is 1. The average molecular weight is 209 g/mol. The smallest absolute Gasteiger partial charge is 0.311 e. The average Bonchev–Trinajstić information content (AvgIpc) is 2.90. The molecule has 1 aromatic carbocycles. The van der Waals surface area contributed by atoms with E-state index in [2.05, 4.69) is 5.10 Å². The first-order valence-corrected chi connectivity index (χ1v) is 4.42. The van der Waals surface area contributed by atoms with Crippen molar-refractivity contribution < 1.29 is 4.74 Å². The number of hydrogen-bond donors (Lipinski definition) is 1. The van der Waals surface area contributed by atoms with E-state index in [4.69, 9.17) is 16.3 Å². The standard InChI is InChI=1S/C9H5ClN2O2/c10-5-1-3-6(4-2-5)12-9-7(14-9)8(13)11-12/h1-4H,(H,11,13). The lowest BCUT2D eigenvalue weighted by Crippen LogP contribution is -2.07. The first kappa shape index (κ1) is 7.70. The predicted octanol–water partition coefficient (Wildman–Crippen LogP) is 1.92. The van der Waals surface area contributed by atoms with Crippen LogP contribution in [0.2, 0.25) is 5.02 Å². The van der Waals surface area contributed by atoms with E-state index in [0.717, 1.165) is 5.69 Å². The van der Waals surface area contributed by atoms with Crippen LogP contribution in [-0.4, -0.2) is 9.78 Å². The Morgan fingerprint density at radius 2 is 2.00 bits per heavy atom. The summed E-state index contributed by atoms with van der Waals surface area (Å²) in [7, 11) is 0. The fraction of sp³-hybridized carbons (Fsp3) is 0. The molecule has 14 heavy (non-hydrogen) atoms. The summed E-state index contributed by atoms with van der Waals surface area (Å²) in [5.41, 5.74) is 0.625. The summed E-state index contributed by atoms with van der Waals surface area (Å²) in [6.45, 7) is 0. The lowest BCUT2D eigenvalue weighted by Gasteiger charge is -2.01. The van der Waals surface area contributed by atoms with E-state index in [1.807, 2.05) is 0 Å². The van der Waals surface area contributed by atoms with Crippen LogP contribution in [0.3, 0.4) is 0 Å². The fourth-order valence-corrected chi connectivity index (χ4v) is 1.46. The molecule has 1 aliphatic heterocycles. The lowest BCUT2D eigenvalue weighted by atomic mass is 10.3. The highest BCUT2D eigenvalue weighted by Crippen LogP contribution is 2.42. The maximum Gasteiger partial charge on any atom is 0.311 e. The third-order valence-corrected chi connectivity index (χ3v) is 2.31. The third kappa shape index (κ3) is 0.975. The van der Waals surface area contributed by atoms with Crippen molar-refractivity contribution in [1.82, 2.24) is 9.78 Å². The van der Waals surface area contributed by atoms with Crippen LogP contribution in [-0.2, 0) is 0 Å². The number of nitrogens with zero attached hydrogens (tertiary/aromatic N) is 1. The normalized spacial score (nSPS) is 12.1. The van der Waals surface area contributed by atoms with E-state index in [1.54, 1.807) is 28.9 Å². The van der Waals surface area contributed by atoms with Gasteiger partial charge < -0.3 is 4.74 Å². The van der Waals surface area contributed by atoms with Crippen molar-refractivity contribution in [3.05, 3.63) is 39.6 Å². The van der Waals surface area contributed by atoms with Gasteiger partial charge in [0, 0.05) is 5.02 Å². The minimum absolute atomic E-state index is 0.199. The zero-order chi connectivity index (χ0) is 9.71. The molecule has 1 N–H and O–H groups in total. The molecule has 70 valence electrons. The number of fused-ring (bicyclic) bond motifs is 1. The van der Waals surface area contributed by atoms with Gasteiger partial charge in [0.1, 0.15) is 0 Å². The van der Waals surface area contributed by atoms with Gasteiger partial charge >= 0.3 is 5.56 Å². The van der Waals surface area contributed by atoms with Gasteiger partial charge in [0.05, 0.1) is 5.69 Å². The van der Waals surface area contributed by atoms with Gasteiger partial charge in [0.15, 0.2) is 0 Å². The summed E-state index contributed by atoms with van der Waals surface area (Å²) in [5, 5.41) is 3.30. The molecule has 1 aromatic heterocycles. The summed E-state index contributed by atoms with van der Waals surface area (Å²) < 4.78 is 6.57. The molecule has 0 aliphatic carbocycles. The van der Waals surface area contributed by atoms with Crippen LogP contribution in [0.25, 0.3) is 5.69 Å². The minimum Gasteiger partial charge on any atom is -0.424 e.